The molecule has 1 aromatic rings. The third kappa shape index (κ3) is 3.77. The molecule has 106 valence electrons. The van der Waals surface area contributed by atoms with E-state index in [4.69, 9.17) is 5.73 Å². The minimum absolute atomic E-state index is 0.263. The molecule has 0 aromatic heterocycles. The lowest BCUT2D eigenvalue weighted by atomic mass is 9.81. The van der Waals surface area contributed by atoms with Crippen LogP contribution in [0.2, 0.25) is 0 Å². The Morgan fingerprint density at radius 3 is 2.53 bits per heavy atom. The molecule has 0 bridgehead atoms. The van der Waals surface area contributed by atoms with Crippen LogP contribution in [0.3, 0.4) is 0 Å². The second kappa shape index (κ2) is 7.01. The molecule has 0 aliphatic heterocycles. The van der Waals surface area contributed by atoms with E-state index < -0.39 is 6.10 Å². The lowest BCUT2D eigenvalue weighted by Gasteiger charge is -2.28. The Labute approximate surface area is 114 Å². The zero-order valence-electron chi connectivity index (χ0n) is 11.4. The number of nitrogens with two attached hydrogens (primary N) is 1. The summed E-state index contributed by atoms with van der Waals surface area (Å²) in [5.41, 5.74) is 6.30. The number of aliphatic hydroxyl groups is 1. The normalized spacial score (nSPS) is 20.2. The van der Waals surface area contributed by atoms with Crippen LogP contribution in [0.15, 0.2) is 24.3 Å². The van der Waals surface area contributed by atoms with Gasteiger partial charge in [-0.05, 0) is 24.0 Å². The highest BCUT2D eigenvalue weighted by Crippen LogP contribution is 2.31. The van der Waals surface area contributed by atoms with Gasteiger partial charge in [-0.1, -0.05) is 50.3 Å². The second-order valence-corrected chi connectivity index (χ2v) is 5.67. The van der Waals surface area contributed by atoms with Crippen molar-refractivity contribution in [1.29, 1.82) is 0 Å². The van der Waals surface area contributed by atoms with Crippen LogP contribution in [0, 0.1) is 11.7 Å². The van der Waals surface area contributed by atoms with Crippen LogP contribution in [0.4, 0.5) is 4.39 Å². The Morgan fingerprint density at radius 1 is 1.21 bits per heavy atom. The average Bonchev–Trinajstić information content (AvgIpc) is 2.43. The van der Waals surface area contributed by atoms with Gasteiger partial charge in [0.2, 0.25) is 0 Å². The van der Waals surface area contributed by atoms with E-state index in [1.165, 1.54) is 38.2 Å². The lowest BCUT2D eigenvalue weighted by molar-refractivity contribution is 0.104. The predicted molar refractivity (Wildman–Crippen MR) is 75.4 cm³/mol. The third-order valence-corrected chi connectivity index (χ3v) is 4.32. The molecule has 1 fully saturated rings. The van der Waals surface area contributed by atoms with E-state index in [-0.39, 0.29) is 18.3 Å². The predicted octanol–water partition coefficient (Wildman–Crippen LogP) is 3.20. The van der Waals surface area contributed by atoms with Gasteiger partial charge in [-0.25, -0.2) is 4.39 Å². The fourth-order valence-corrected chi connectivity index (χ4v) is 3.20. The fourth-order valence-electron chi connectivity index (χ4n) is 3.20. The van der Waals surface area contributed by atoms with Gasteiger partial charge >= 0.3 is 0 Å². The molecule has 0 radical (unpaired) electrons. The van der Waals surface area contributed by atoms with Crippen molar-refractivity contribution in [3.63, 3.8) is 0 Å². The van der Waals surface area contributed by atoms with E-state index in [2.05, 4.69) is 0 Å². The summed E-state index contributed by atoms with van der Waals surface area (Å²) in [5.74, 6) is 0.0216. The molecular weight excluding hydrogens is 241 g/mol. The van der Waals surface area contributed by atoms with Gasteiger partial charge in [-0.15, -0.1) is 0 Å². The average molecular weight is 265 g/mol. The summed E-state index contributed by atoms with van der Waals surface area (Å²) in [5, 5.41) is 10.4. The molecule has 0 spiro atoms. The molecule has 2 rings (SSSR count). The Kier molecular flexibility index (Phi) is 5.34. The molecule has 1 saturated carbocycles. The summed E-state index contributed by atoms with van der Waals surface area (Å²) < 4.78 is 13.8. The van der Waals surface area contributed by atoms with E-state index in [0.29, 0.717) is 11.5 Å². The van der Waals surface area contributed by atoms with E-state index in [1.54, 1.807) is 18.2 Å². The van der Waals surface area contributed by atoms with Gasteiger partial charge in [0.05, 0.1) is 6.10 Å². The zero-order valence-corrected chi connectivity index (χ0v) is 11.4. The summed E-state index contributed by atoms with van der Waals surface area (Å²) in [4.78, 5) is 0. The van der Waals surface area contributed by atoms with Crippen molar-refractivity contribution in [2.24, 2.45) is 11.7 Å². The van der Waals surface area contributed by atoms with Crippen molar-refractivity contribution >= 4 is 0 Å². The number of rotatable bonds is 5. The van der Waals surface area contributed by atoms with Crippen molar-refractivity contribution in [1.82, 2.24) is 0 Å². The Bertz CT molecular complexity index is 390. The molecular formula is C16H24FNO. The smallest absolute Gasteiger partial charge is 0.126 e. The first-order valence-electron chi connectivity index (χ1n) is 7.35. The zero-order chi connectivity index (χ0) is 13.7. The molecule has 1 aromatic carbocycles. The summed E-state index contributed by atoms with van der Waals surface area (Å²) in [6.07, 6.45) is 6.40. The lowest BCUT2D eigenvalue weighted by Crippen LogP contribution is -2.29. The molecule has 0 heterocycles. The molecule has 0 saturated heterocycles. The van der Waals surface area contributed by atoms with Crippen LogP contribution in [0.1, 0.15) is 50.0 Å². The molecule has 2 unspecified atom stereocenters. The minimum Gasteiger partial charge on any atom is -0.392 e. The highest BCUT2D eigenvalue weighted by Gasteiger charge is 2.26. The first kappa shape index (κ1) is 14.5. The van der Waals surface area contributed by atoms with Crippen LogP contribution in [0.25, 0.3) is 0 Å². The van der Waals surface area contributed by atoms with Gasteiger partial charge in [-0.2, -0.15) is 0 Å². The SMILES string of the molecule is NCC(c1ccccc1F)C(O)CC1CCCCC1. The maximum Gasteiger partial charge on any atom is 0.126 e. The Balaban J connectivity index is 2.02. The van der Waals surface area contributed by atoms with Crippen LogP contribution >= 0.6 is 0 Å². The molecule has 0 amide bonds. The molecule has 1 aliphatic carbocycles. The topological polar surface area (TPSA) is 46.2 Å². The largest absolute Gasteiger partial charge is 0.392 e. The van der Waals surface area contributed by atoms with Crippen molar-refractivity contribution < 1.29 is 9.50 Å². The van der Waals surface area contributed by atoms with E-state index >= 15 is 0 Å². The van der Waals surface area contributed by atoms with Gasteiger partial charge < -0.3 is 10.8 Å². The summed E-state index contributed by atoms with van der Waals surface area (Å²) in [6, 6.07) is 6.64. The summed E-state index contributed by atoms with van der Waals surface area (Å²) in [6.45, 7) is 0.287. The second-order valence-electron chi connectivity index (χ2n) is 5.67. The van der Waals surface area contributed by atoms with Crippen LogP contribution in [0.5, 0.6) is 0 Å². The first-order chi connectivity index (χ1) is 9.22. The molecule has 3 heteroatoms. The fraction of sp³-hybridized carbons (Fsp3) is 0.625. The number of aliphatic hydroxyl groups excluding tert-OH is 1. The molecule has 1 aliphatic rings. The van der Waals surface area contributed by atoms with Crippen LogP contribution < -0.4 is 5.73 Å². The van der Waals surface area contributed by atoms with Crippen LogP contribution in [-0.4, -0.2) is 17.8 Å². The number of hydrogen-bond acceptors (Lipinski definition) is 2. The number of hydrogen-bond donors (Lipinski definition) is 2. The van der Waals surface area contributed by atoms with Crippen molar-refractivity contribution in [2.75, 3.05) is 6.54 Å². The quantitative estimate of drug-likeness (QED) is 0.858. The molecule has 3 N–H and O–H groups in total. The first-order valence-corrected chi connectivity index (χ1v) is 7.35. The van der Waals surface area contributed by atoms with Crippen LogP contribution in [-0.2, 0) is 0 Å². The number of halogens is 1. The number of benzene rings is 1. The van der Waals surface area contributed by atoms with Crippen molar-refractivity contribution in [3.05, 3.63) is 35.6 Å². The van der Waals surface area contributed by atoms with E-state index in [1.807, 2.05) is 0 Å². The Hall–Kier alpha value is -0.930. The highest BCUT2D eigenvalue weighted by molar-refractivity contribution is 5.23. The third-order valence-electron chi connectivity index (χ3n) is 4.32. The maximum atomic E-state index is 13.8. The molecule has 2 atom stereocenters. The monoisotopic (exact) mass is 265 g/mol. The standard InChI is InChI=1S/C16H24FNO/c17-15-9-5-4-8-13(15)14(11-18)16(19)10-12-6-2-1-3-7-12/h4-5,8-9,12,14,16,19H,1-3,6-7,10-11,18H2. The van der Waals surface area contributed by atoms with Crippen molar-refractivity contribution in [2.45, 2.75) is 50.5 Å². The molecule has 19 heavy (non-hydrogen) atoms. The van der Waals surface area contributed by atoms with Gasteiger partial charge in [0.25, 0.3) is 0 Å². The summed E-state index contributed by atoms with van der Waals surface area (Å²) in [7, 11) is 0. The molecule has 2 nitrogen and oxygen atoms in total. The highest BCUT2D eigenvalue weighted by atomic mass is 19.1. The summed E-state index contributed by atoms with van der Waals surface area (Å²) >= 11 is 0. The van der Waals surface area contributed by atoms with E-state index in [0.717, 1.165) is 6.42 Å². The van der Waals surface area contributed by atoms with Crippen molar-refractivity contribution in [3.8, 4) is 0 Å². The van der Waals surface area contributed by atoms with Gasteiger partial charge in [0.15, 0.2) is 0 Å². The van der Waals surface area contributed by atoms with E-state index in [9.17, 15) is 9.50 Å². The minimum atomic E-state index is -0.537. The maximum absolute atomic E-state index is 13.8. The Morgan fingerprint density at radius 2 is 1.89 bits per heavy atom. The van der Waals surface area contributed by atoms with Gasteiger partial charge in [-0.3, -0.25) is 0 Å². The van der Waals surface area contributed by atoms with Gasteiger partial charge in [0.1, 0.15) is 5.82 Å². The van der Waals surface area contributed by atoms with Gasteiger partial charge in [0, 0.05) is 12.5 Å².